The zero-order valence-corrected chi connectivity index (χ0v) is 16.7. The highest BCUT2D eigenvalue weighted by atomic mass is 16.5. The van der Waals surface area contributed by atoms with Gasteiger partial charge in [0, 0.05) is 31.0 Å². The van der Waals surface area contributed by atoms with Gasteiger partial charge in [-0.1, -0.05) is 72.5 Å². The standard InChI is InChI=1S/C26H24N2O2/c27-17-20-14-12-19(13-15-20)7-5-6-16-28-26(29)30-18-25-23-10-3-1-8-21(23)22-9-2-4-11-24(22)25/h1-4,8-15,25H,6,16-18,27H2,(H,28,29). The van der Waals surface area contributed by atoms with Crippen molar-refractivity contribution >= 4 is 6.09 Å². The smallest absolute Gasteiger partial charge is 0.407 e. The van der Waals surface area contributed by atoms with Crippen molar-refractivity contribution < 1.29 is 9.53 Å². The highest BCUT2D eigenvalue weighted by Crippen LogP contribution is 2.44. The molecular weight excluding hydrogens is 372 g/mol. The number of fused-ring (bicyclic) bond motifs is 3. The number of benzene rings is 3. The maximum Gasteiger partial charge on any atom is 0.407 e. The summed E-state index contributed by atoms with van der Waals surface area (Å²) in [5.41, 5.74) is 12.5. The molecule has 0 saturated carbocycles. The molecule has 0 heterocycles. The highest BCUT2D eigenvalue weighted by Gasteiger charge is 2.28. The van der Waals surface area contributed by atoms with Gasteiger partial charge < -0.3 is 15.8 Å². The fourth-order valence-electron chi connectivity index (χ4n) is 3.77. The first-order valence-corrected chi connectivity index (χ1v) is 10.1. The van der Waals surface area contributed by atoms with E-state index in [2.05, 4.69) is 41.4 Å². The zero-order valence-electron chi connectivity index (χ0n) is 16.7. The lowest BCUT2D eigenvalue weighted by Crippen LogP contribution is -2.26. The van der Waals surface area contributed by atoms with Crippen LogP contribution in [0.5, 0.6) is 0 Å². The summed E-state index contributed by atoms with van der Waals surface area (Å²) in [7, 11) is 0. The van der Waals surface area contributed by atoms with Crippen LogP contribution in [0, 0.1) is 11.8 Å². The molecule has 1 aliphatic carbocycles. The van der Waals surface area contributed by atoms with Crippen molar-refractivity contribution in [3.8, 4) is 23.0 Å². The summed E-state index contributed by atoms with van der Waals surface area (Å²) < 4.78 is 5.52. The molecule has 4 nitrogen and oxygen atoms in total. The maximum absolute atomic E-state index is 12.1. The normalized spacial score (nSPS) is 11.8. The molecule has 0 spiro atoms. The first-order valence-electron chi connectivity index (χ1n) is 10.1. The lowest BCUT2D eigenvalue weighted by molar-refractivity contribution is 0.143. The summed E-state index contributed by atoms with van der Waals surface area (Å²) >= 11 is 0. The molecule has 4 heteroatoms. The molecule has 3 aromatic rings. The molecule has 1 amide bonds. The molecule has 3 N–H and O–H groups in total. The van der Waals surface area contributed by atoms with Gasteiger partial charge in [0.2, 0.25) is 0 Å². The first kappa shape index (κ1) is 19.8. The summed E-state index contributed by atoms with van der Waals surface area (Å²) in [6.45, 7) is 1.29. The fourth-order valence-corrected chi connectivity index (χ4v) is 3.77. The summed E-state index contributed by atoms with van der Waals surface area (Å²) in [5, 5.41) is 2.78. The van der Waals surface area contributed by atoms with Gasteiger partial charge in [0.25, 0.3) is 0 Å². The number of ether oxygens (including phenoxy) is 1. The molecule has 4 rings (SSSR count). The Kier molecular flexibility index (Phi) is 6.12. The van der Waals surface area contributed by atoms with Crippen LogP contribution in [-0.2, 0) is 11.3 Å². The Bertz CT molecular complexity index is 1050. The minimum absolute atomic E-state index is 0.0689. The summed E-state index contributed by atoms with van der Waals surface area (Å²) in [4.78, 5) is 12.1. The molecule has 3 aromatic carbocycles. The summed E-state index contributed by atoms with van der Waals surface area (Å²) in [5.74, 6) is 6.22. The van der Waals surface area contributed by atoms with Gasteiger partial charge in [-0.15, -0.1) is 0 Å². The average Bonchev–Trinajstić information content (AvgIpc) is 3.12. The van der Waals surface area contributed by atoms with Crippen molar-refractivity contribution in [1.82, 2.24) is 5.32 Å². The van der Waals surface area contributed by atoms with Crippen LogP contribution >= 0.6 is 0 Å². The second-order valence-corrected chi connectivity index (χ2v) is 7.21. The van der Waals surface area contributed by atoms with E-state index in [1.54, 1.807) is 0 Å². The number of alkyl carbamates (subject to hydrolysis) is 1. The van der Waals surface area contributed by atoms with E-state index in [9.17, 15) is 4.79 Å². The second kappa shape index (κ2) is 9.30. The van der Waals surface area contributed by atoms with Crippen LogP contribution in [0.3, 0.4) is 0 Å². The van der Waals surface area contributed by atoms with Crippen molar-refractivity contribution in [3.63, 3.8) is 0 Å². The van der Waals surface area contributed by atoms with Crippen LogP contribution < -0.4 is 11.1 Å². The second-order valence-electron chi connectivity index (χ2n) is 7.21. The summed E-state index contributed by atoms with van der Waals surface area (Å²) in [6, 6.07) is 24.4. The van der Waals surface area contributed by atoms with E-state index >= 15 is 0 Å². The van der Waals surface area contributed by atoms with Crippen molar-refractivity contribution in [2.75, 3.05) is 13.2 Å². The predicted molar refractivity (Wildman–Crippen MR) is 119 cm³/mol. The molecule has 0 unspecified atom stereocenters. The van der Waals surface area contributed by atoms with Crippen LogP contribution in [0.15, 0.2) is 72.8 Å². The molecular formula is C26H24N2O2. The number of hydrogen-bond donors (Lipinski definition) is 2. The average molecular weight is 396 g/mol. The van der Waals surface area contributed by atoms with E-state index in [-0.39, 0.29) is 5.92 Å². The number of carbonyl (C=O) groups is 1. The van der Waals surface area contributed by atoms with Crippen LogP contribution in [0.1, 0.15) is 34.6 Å². The van der Waals surface area contributed by atoms with Crippen LogP contribution in [-0.4, -0.2) is 19.2 Å². The monoisotopic (exact) mass is 396 g/mol. The van der Waals surface area contributed by atoms with E-state index in [0.29, 0.717) is 26.1 Å². The van der Waals surface area contributed by atoms with E-state index in [1.165, 1.54) is 22.3 Å². The molecule has 0 aromatic heterocycles. The van der Waals surface area contributed by atoms with Crippen LogP contribution in [0.4, 0.5) is 4.79 Å². The number of rotatable bonds is 5. The van der Waals surface area contributed by atoms with E-state index in [1.807, 2.05) is 48.5 Å². The quantitative estimate of drug-likeness (QED) is 0.495. The van der Waals surface area contributed by atoms with Crippen LogP contribution in [0.25, 0.3) is 11.1 Å². The van der Waals surface area contributed by atoms with Crippen molar-refractivity contribution in [3.05, 3.63) is 95.1 Å². The van der Waals surface area contributed by atoms with Gasteiger partial charge in [0.05, 0.1) is 0 Å². The molecule has 150 valence electrons. The molecule has 0 atom stereocenters. The minimum atomic E-state index is -0.411. The van der Waals surface area contributed by atoms with Gasteiger partial charge in [0.1, 0.15) is 6.61 Å². The van der Waals surface area contributed by atoms with Crippen LogP contribution in [0.2, 0.25) is 0 Å². The summed E-state index contributed by atoms with van der Waals surface area (Å²) in [6.07, 6.45) is 0.147. The van der Waals surface area contributed by atoms with E-state index in [4.69, 9.17) is 10.5 Å². The Labute approximate surface area is 177 Å². The molecule has 0 radical (unpaired) electrons. The topological polar surface area (TPSA) is 64.3 Å². The predicted octanol–water partition coefficient (Wildman–Crippen LogP) is 4.43. The molecule has 1 aliphatic rings. The SMILES string of the molecule is NCc1ccc(C#CCCNC(=O)OCC2c3ccccc3-c3ccccc32)cc1. The Morgan fingerprint density at radius 3 is 2.20 bits per heavy atom. The number of nitrogens with one attached hydrogen (secondary N) is 1. The van der Waals surface area contributed by atoms with Gasteiger partial charge in [0.15, 0.2) is 0 Å². The van der Waals surface area contributed by atoms with Crippen molar-refractivity contribution in [1.29, 1.82) is 0 Å². The highest BCUT2D eigenvalue weighted by molar-refractivity contribution is 5.79. The van der Waals surface area contributed by atoms with Gasteiger partial charge in [-0.3, -0.25) is 0 Å². The Balaban J connectivity index is 1.27. The van der Waals surface area contributed by atoms with Gasteiger partial charge in [-0.25, -0.2) is 4.79 Å². The third kappa shape index (κ3) is 4.37. The third-order valence-electron chi connectivity index (χ3n) is 5.29. The number of nitrogens with two attached hydrogens (primary N) is 1. The van der Waals surface area contributed by atoms with Gasteiger partial charge >= 0.3 is 6.09 Å². The third-order valence-corrected chi connectivity index (χ3v) is 5.29. The largest absolute Gasteiger partial charge is 0.449 e. The van der Waals surface area contributed by atoms with Gasteiger partial charge in [-0.05, 0) is 39.9 Å². The number of amides is 1. The first-order chi connectivity index (χ1) is 14.8. The Morgan fingerprint density at radius 1 is 0.933 bits per heavy atom. The van der Waals surface area contributed by atoms with Crippen molar-refractivity contribution in [2.24, 2.45) is 5.73 Å². The molecule has 0 aliphatic heterocycles. The van der Waals surface area contributed by atoms with E-state index < -0.39 is 6.09 Å². The Morgan fingerprint density at radius 2 is 1.57 bits per heavy atom. The fraction of sp³-hybridized carbons (Fsp3) is 0.192. The lowest BCUT2D eigenvalue weighted by atomic mass is 9.98. The molecule has 0 bridgehead atoms. The number of hydrogen-bond acceptors (Lipinski definition) is 3. The molecule has 30 heavy (non-hydrogen) atoms. The molecule has 0 saturated heterocycles. The van der Waals surface area contributed by atoms with Crippen molar-refractivity contribution in [2.45, 2.75) is 18.9 Å². The number of carbonyl (C=O) groups excluding carboxylic acids is 1. The maximum atomic E-state index is 12.1. The van der Waals surface area contributed by atoms with E-state index in [0.717, 1.165) is 11.1 Å². The lowest BCUT2D eigenvalue weighted by Gasteiger charge is -2.14. The molecule has 0 fully saturated rings. The minimum Gasteiger partial charge on any atom is -0.449 e. The van der Waals surface area contributed by atoms with Gasteiger partial charge in [-0.2, -0.15) is 0 Å². The Hall–Kier alpha value is -3.55. The zero-order chi connectivity index (χ0) is 20.8.